The molecule has 1 saturated carbocycles. The highest BCUT2D eigenvalue weighted by atomic mass is 35.5. The van der Waals surface area contributed by atoms with Crippen LogP contribution >= 0.6 is 11.6 Å². The molecule has 5 heteroatoms. The van der Waals surface area contributed by atoms with Gasteiger partial charge in [0.05, 0.1) is 10.6 Å². The normalized spacial score (nSPS) is 19.4. The van der Waals surface area contributed by atoms with Crippen molar-refractivity contribution in [2.24, 2.45) is 11.8 Å². The van der Waals surface area contributed by atoms with Gasteiger partial charge in [-0.05, 0) is 55.9 Å². The predicted molar refractivity (Wildman–Crippen MR) is 118 cm³/mol. The lowest BCUT2D eigenvalue weighted by Gasteiger charge is -2.27. The number of nitrogens with zero attached hydrogens (tertiary/aromatic N) is 1. The van der Waals surface area contributed by atoms with E-state index in [1.165, 1.54) is 32.1 Å². The number of amides is 1. The molecule has 0 radical (unpaired) electrons. The first-order chi connectivity index (χ1) is 14.1. The molecule has 0 saturated heterocycles. The minimum atomic E-state index is 0.108. The molecule has 0 atom stereocenters. The van der Waals surface area contributed by atoms with E-state index in [-0.39, 0.29) is 11.8 Å². The zero-order valence-corrected chi connectivity index (χ0v) is 17.5. The van der Waals surface area contributed by atoms with Gasteiger partial charge in [0.1, 0.15) is 5.52 Å². The molecular formula is C24H27ClN2O2. The van der Waals surface area contributed by atoms with Gasteiger partial charge in [0.15, 0.2) is 5.58 Å². The number of hydrogen-bond donors (Lipinski definition) is 1. The summed E-state index contributed by atoms with van der Waals surface area (Å²) in [5.41, 5.74) is 2.89. The van der Waals surface area contributed by atoms with Gasteiger partial charge >= 0.3 is 0 Å². The average molecular weight is 411 g/mol. The van der Waals surface area contributed by atoms with Crippen LogP contribution in [0.1, 0.15) is 51.9 Å². The van der Waals surface area contributed by atoms with E-state index in [4.69, 9.17) is 16.0 Å². The zero-order chi connectivity index (χ0) is 20.2. The first kappa shape index (κ1) is 20.0. The van der Waals surface area contributed by atoms with Crippen LogP contribution in [0.25, 0.3) is 22.6 Å². The van der Waals surface area contributed by atoms with E-state index in [0.29, 0.717) is 16.5 Å². The van der Waals surface area contributed by atoms with E-state index in [2.05, 4.69) is 17.2 Å². The van der Waals surface area contributed by atoms with Gasteiger partial charge < -0.3 is 9.73 Å². The first-order valence-electron chi connectivity index (χ1n) is 10.6. The van der Waals surface area contributed by atoms with Crippen LogP contribution in [-0.4, -0.2) is 10.9 Å². The number of unbranched alkanes of at least 4 members (excludes halogenated alkanes) is 1. The van der Waals surface area contributed by atoms with Gasteiger partial charge in [-0.2, -0.15) is 0 Å². The first-order valence-corrected chi connectivity index (χ1v) is 11.0. The predicted octanol–water partition coefficient (Wildman–Crippen LogP) is 7.08. The number of rotatable bonds is 6. The van der Waals surface area contributed by atoms with Gasteiger partial charge in [0.25, 0.3) is 0 Å². The van der Waals surface area contributed by atoms with E-state index in [1.54, 1.807) is 0 Å². The van der Waals surface area contributed by atoms with Crippen molar-refractivity contribution in [3.05, 3.63) is 47.5 Å². The standard InChI is InChI=1S/C24H27ClN2O2/c1-2-3-6-16-9-11-17(12-10-16)23(28)26-18-13-14-21-22(15-18)29-24(27-21)19-7-4-5-8-20(19)25/h4-5,7-8,13-17H,2-3,6,9-12H2,1H3,(H,26,28). The van der Waals surface area contributed by atoms with Crippen LogP contribution < -0.4 is 5.32 Å². The third-order valence-corrected chi connectivity index (χ3v) is 6.27. The van der Waals surface area contributed by atoms with Gasteiger partial charge in [-0.3, -0.25) is 4.79 Å². The molecular weight excluding hydrogens is 384 g/mol. The Morgan fingerprint density at radius 1 is 1.17 bits per heavy atom. The van der Waals surface area contributed by atoms with Crippen LogP contribution in [0.2, 0.25) is 5.02 Å². The quantitative estimate of drug-likeness (QED) is 0.472. The summed E-state index contributed by atoms with van der Waals surface area (Å²) in [6, 6.07) is 13.1. The monoisotopic (exact) mass is 410 g/mol. The molecule has 4 rings (SSSR count). The van der Waals surface area contributed by atoms with Crippen molar-refractivity contribution in [2.45, 2.75) is 51.9 Å². The van der Waals surface area contributed by atoms with Gasteiger partial charge in [0.2, 0.25) is 11.8 Å². The number of benzene rings is 2. The smallest absolute Gasteiger partial charge is 0.228 e. The Balaban J connectivity index is 1.42. The van der Waals surface area contributed by atoms with Gasteiger partial charge in [-0.1, -0.05) is 49.9 Å². The molecule has 0 bridgehead atoms. The molecule has 4 nitrogen and oxygen atoms in total. The lowest BCUT2D eigenvalue weighted by Crippen LogP contribution is -2.27. The number of anilines is 1. The Morgan fingerprint density at radius 3 is 2.72 bits per heavy atom. The van der Waals surface area contributed by atoms with E-state index in [9.17, 15) is 4.79 Å². The molecule has 0 spiro atoms. The van der Waals surface area contributed by atoms with Crippen molar-refractivity contribution in [3.63, 3.8) is 0 Å². The fourth-order valence-corrected chi connectivity index (χ4v) is 4.42. The summed E-state index contributed by atoms with van der Waals surface area (Å²) in [6.45, 7) is 2.24. The van der Waals surface area contributed by atoms with Crippen molar-refractivity contribution in [3.8, 4) is 11.5 Å². The summed E-state index contributed by atoms with van der Waals surface area (Å²) in [4.78, 5) is 17.2. The molecule has 1 heterocycles. The lowest BCUT2D eigenvalue weighted by atomic mass is 9.79. The lowest BCUT2D eigenvalue weighted by molar-refractivity contribution is -0.121. The van der Waals surface area contributed by atoms with Crippen LogP contribution in [-0.2, 0) is 4.79 Å². The third-order valence-electron chi connectivity index (χ3n) is 5.94. The molecule has 1 aliphatic carbocycles. The van der Waals surface area contributed by atoms with E-state index >= 15 is 0 Å². The third kappa shape index (κ3) is 4.64. The maximum absolute atomic E-state index is 12.7. The Hall–Kier alpha value is -2.33. The van der Waals surface area contributed by atoms with E-state index in [0.717, 1.165) is 35.5 Å². The average Bonchev–Trinajstić information content (AvgIpc) is 3.16. The van der Waals surface area contributed by atoms with E-state index < -0.39 is 0 Å². The molecule has 152 valence electrons. The number of fused-ring (bicyclic) bond motifs is 1. The SMILES string of the molecule is CCCCC1CCC(C(=O)Nc2ccc3nc(-c4ccccc4Cl)oc3c2)CC1. The molecule has 1 aromatic heterocycles. The Labute approximate surface area is 176 Å². The van der Waals surface area contributed by atoms with Crippen LogP contribution in [0, 0.1) is 11.8 Å². The number of halogens is 1. The number of aromatic nitrogens is 1. The molecule has 1 amide bonds. The van der Waals surface area contributed by atoms with Crippen LogP contribution in [0.15, 0.2) is 46.9 Å². The van der Waals surface area contributed by atoms with Crippen molar-refractivity contribution < 1.29 is 9.21 Å². The number of oxazole rings is 1. The van der Waals surface area contributed by atoms with Gasteiger partial charge in [-0.15, -0.1) is 0 Å². The maximum Gasteiger partial charge on any atom is 0.228 e. The summed E-state index contributed by atoms with van der Waals surface area (Å²) in [5, 5.41) is 3.67. The summed E-state index contributed by atoms with van der Waals surface area (Å²) in [7, 11) is 0. The number of carbonyl (C=O) groups is 1. The zero-order valence-electron chi connectivity index (χ0n) is 16.8. The second-order valence-electron chi connectivity index (χ2n) is 8.03. The summed E-state index contributed by atoms with van der Waals surface area (Å²) in [6.07, 6.45) is 8.17. The molecule has 1 aliphatic rings. The molecule has 29 heavy (non-hydrogen) atoms. The second-order valence-corrected chi connectivity index (χ2v) is 8.44. The second kappa shape index (κ2) is 9.00. The molecule has 1 fully saturated rings. The molecule has 0 unspecified atom stereocenters. The molecule has 0 aliphatic heterocycles. The van der Waals surface area contributed by atoms with Crippen LogP contribution in [0.3, 0.4) is 0 Å². The van der Waals surface area contributed by atoms with Crippen LogP contribution in [0.5, 0.6) is 0 Å². The van der Waals surface area contributed by atoms with Crippen molar-refractivity contribution in [1.29, 1.82) is 0 Å². The highest BCUT2D eigenvalue weighted by Crippen LogP contribution is 2.33. The van der Waals surface area contributed by atoms with Gasteiger partial charge in [0, 0.05) is 17.7 Å². The topological polar surface area (TPSA) is 55.1 Å². The summed E-state index contributed by atoms with van der Waals surface area (Å²) in [5.74, 6) is 1.51. The number of nitrogens with one attached hydrogen (secondary N) is 1. The van der Waals surface area contributed by atoms with Gasteiger partial charge in [-0.25, -0.2) is 4.98 Å². The van der Waals surface area contributed by atoms with E-state index in [1.807, 2.05) is 42.5 Å². The largest absolute Gasteiger partial charge is 0.436 e. The highest BCUT2D eigenvalue weighted by molar-refractivity contribution is 6.33. The molecule has 3 aromatic rings. The maximum atomic E-state index is 12.7. The fourth-order valence-electron chi connectivity index (χ4n) is 4.20. The number of hydrogen-bond acceptors (Lipinski definition) is 3. The van der Waals surface area contributed by atoms with Crippen LogP contribution in [0.4, 0.5) is 5.69 Å². The Morgan fingerprint density at radius 2 is 1.97 bits per heavy atom. The Bertz CT molecular complexity index is 989. The Kier molecular flexibility index (Phi) is 6.19. The molecule has 1 N–H and O–H groups in total. The fraction of sp³-hybridized carbons (Fsp3) is 0.417. The van der Waals surface area contributed by atoms with Crippen molar-refractivity contribution >= 4 is 34.3 Å². The molecule has 2 aromatic carbocycles. The number of carbonyl (C=O) groups excluding carboxylic acids is 1. The summed E-state index contributed by atoms with van der Waals surface area (Å²) >= 11 is 6.25. The van der Waals surface area contributed by atoms with Crippen molar-refractivity contribution in [2.75, 3.05) is 5.32 Å². The van der Waals surface area contributed by atoms with Crippen molar-refractivity contribution in [1.82, 2.24) is 4.98 Å². The highest BCUT2D eigenvalue weighted by Gasteiger charge is 2.26. The minimum Gasteiger partial charge on any atom is -0.436 e. The minimum absolute atomic E-state index is 0.108. The summed E-state index contributed by atoms with van der Waals surface area (Å²) < 4.78 is 5.91.